The Hall–Kier alpha value is -0.647. The van der Waals surface area contributed by atoms with Crippen molar-refractivity contribution < 1.29 is 36.6 Å². The van der Waals surface area contributed by atoms with E-state index >= 15 is 0 Å². The Morgan fingerprint density at radius 1 is 1.21 bits per heavy atom. The van der Waals surface area contributed by atoms with Crippen molar-refractivity contribution in [2.75, 3.05) is 0 Å². The Labute approximate surface area is 137 Å². The molecule has 3 rings (SSSR count). The van der Waals surface area contributed by atoms with Gasteiger partial charge in [0.1, 0.15) is 0 Å². The van der Waals surface area contributed by atoms with Gasteiger partial charge in [0.2, 0.25) is 0 Å². The smallest absolute Gasteiger partial charge is 0.0809 e. The summed E-state index contributed by atoms with van der Waals surface area (Å²) in [5.41, 5.74) is 0. The monoisotopic (exact) mass is 347 g/mol. The van der Waals surface area contributed by atoms with Crippen LogP contribution in [0, 0.1) is 6.08 Å². The first-order valence-corrected chi connectivity index (χ1v) is 7.27. The molecule has 2 heteroatoms. The van der Waals surface area contributed by atoms with Gasteiger partial charge < -0.3 is 12.4 Å². The third-order valence-corrected chi connectivity index (χ3v) is 2.13. The molecule has 2 aromatic carbocycles. The minimum atomic E-state index is 0. The zero-order valence-electron chi connectivity index (χ0n) is 11.4. The summed E-state index contributed by atoms with van der Waals surface area (Å²) in [5, 5.41) is 2.66. The van der Waals surface area contributed by atoms with E-state index in [0.29, 0.717) is 0 Å². The fourth-order valence-electron chi connectivity index (χ4n) is 1.41. The maximum atomic E-state index is 2.99. The van der Waals surface area contributed by atoms with E-state index in [1.54, 1.807) is 24.2 Å². The van der Waals surface area contributed by atoms with Crippen LogP contribution >= 0.6 is 0 Å². The van der Waals surface area contributed by atoms with E-state index in [-0.39, 0.29) is 12.4 Å². The van der Waals surface area contributed by atoms with Crippen LogP contribution in [0.25, 0.3) is 10.8 Å². The van der Waals surface area contributed by atoms with Gasteiger partial charge in [-0.05, 0) is 0 Å². The fraction of sp³-hybridized carbons (Fsp3) is 0.176. The Bertz CT molecular complexity index is 491. The summed E-state index contributed by atoms with van der Waals surface area (Å²) in [5.74, 6) is 0. The molecule has 0 fully saturated rings. The van der Waals surface area contributed by atoms with Gasteiger partial charge in [-0.3, -0.25) is 6.08 Å². The maximum Gasteiger partial charge on any atom is -0.0809 e. The summed E-state index contributed by atoms with van der Waals surface area (Å²) >= 11 is 1.55. The van der Waals surface area contributed by atoms with Crippen molar-refractivity contribution in [2.24, 2.45) is 0 Å². The van der Waals surface area contributed by atoms with Crippen molar-refractivity contribution in [3.8, 4) is 0 Å². The first-order chi connectivity index (χ1) is 8.70. The first kappa shape index (κ1) is 18.4. The average molecular weight is 349 g/mol. The van der Waals surface area contributed by atoms with Crippen LogP contribution in [-0.4, -0.2) is 3.21 Å². The molecule has 98 valence electrons. The predicted octanol–water partition coefficient (Wildman–Crippen LogP) is 1.61. The largest absolute Gasteiger partial charge is 1.00 e. The summed E-state index contributed by atoms with van der Waals surface area (Å²) in [6.45, 7) is 4.25. The van der Waals surface area contributed by atoms with Crippen LogP contribution < -0.4 is 12.4 Å². The van der Waals surface area contributed by atoms with E-state index < -0.39 is 0 Å². The van der Waals surface area contributed by atoms with Gasteiger partial charge >= 0.3 is 41.3 Å². The molecule has 0 nitrogen and oxygen atoms in total. The second-order valence-corrected chi connectivity index (χ2v) is 6.62. The second kappa shape index (κ2) is 11.2. The van der Waals surface area contributed by atoms with Crippen molar-refractivity contribution in [3.63, 3.8) is 0 Å². The minimum Gasteiger partial charge on any atom is -1.00 e. The quantitative estimate of drug-likeness (QED) is 0.635. The number of allylic oxidation sites excluding steroid dienone is 4. The van der Waals surface area contributed by atoms with Gasteiger partial charge in [0.25, 0.3) is 0 Å². The van der Waals surface area contributed by atoms with Gasteiger partial charge in [-0.2, -0.15) is 23.6 Å². The van der Waals surface area contributed by atoms with E-state index in [2.05, 4.69) is 68.5 Å². The van der Waals surface area contributed by atoms with Gasteiger partial charge in [-0.15, -0.1) is 36.1 Å². The Morgan fingerprint density at radius 3 is 2.37 bits per heavy atom. The van der Waals surface area contributed by atoms with E-state index in [1.165, 1.54) is 14.0 Å². The van der Waals surface area contributed by atoms with Crippen LogP contribution in [-0.2, 0) is 24.2 Å². The molecular weight excluding hydrogens is 331 g/mol. The molecule has 0 N–H and O–H groups in total. The fourth-order valence-corrected chi connectivity index (χ4v) is 1.41. The topological polar surface area (TPSA) is 0 Å². The molecular formula is C17H18ClZr-. The molecule has 0 radical (unpaired) electrons. The molecule has 0 saturated heterocycles. The summed E-state index contributed by atoms with van der Waals surface area (Å²) in [7, 11) is 0. The molecule has 0 unspecified atom stereocenters. The van der Waals surface area contributed by atoms with E-state index in [0.717, 1.165) is 6.42 Å². The molecule has 2 aromatic rings. The molecule has 0 heterocycles. The van der Waals surface area contributed by atoms with Crippen molar-refractivity contribution >= 4 is 14.0 Å². The summed E-state index contributed by atoms with van der Waals surface area (Å²) in [4.78, 5) is 0. The predicted molar refractivity (Wildman–Crippen MR) is 77.5 cm³/mol. The molecule has 1 aliphatic rings. The van der Waals surface area contributed by atoms with Gasteiger partial charge in [0.05, 0.1) is 0 Å². The molecule has 0 atom stereocenters. The van der Waals surface area contributed by atoms with Crippen LogP contribution in [0.4, 0.5) is 0 Å². The van der Waals surface area contributed by atoms with E-state index in [4.69, 9.17) is 0 Å². The second-order valence-electron chi connectivity index (χ2n) is 4.16. The first-order valence-electron chi connectivity index (χ1n) is 6.04. The molecule has 0 amide bonds. The normalized spacial score (nSPS) is 10.9. The molecule has 1 aliphatic carbocycles. The van der Waals surface area contributed by atoms with Crippen LogP contribution in [0.5, 0.6) is 0 Å². The van der Waals surface area contributed by atoms with Crippen LogP contribution in [0.1, 0.15) is 20.3 Å². The molecule has 0 saturated carbocycles. The van der Waals surface area contributed by atoms with Crippen LogP contribution in [0.15, 0.2) is 60.7 Å². The summed E-state index contributed by atoms with van der Waals surface area (Å²) in [6.07, 6.45) is 10.0. The van der Waals surface area contributed by atoms with Gasteiger partial charge in [-0.1, -0.05) is 6.07 Å². The van der Waals surface area contributed by atoms with Gasteiger partial charge in [-0.25, -0.2) is 12.2 Å². The number of benzene rings is 1. The summed E-state index contributed by atoms with van der Waals surface area (Å²) in [6, 6.07) is 14.7. The van der Waals surface area contributed by atoms with Crippen molar-refractivity contribution in [3.05, 3.63) is 66.8 Å². The third-order valence-electron chi connectivity index (χ3n) is 2.13. The third kappa shape index (κ3) is 8.97. The number of hydrogen-bond donors (Lipinski definition) is 0. The number of fused-ring (bicyclic) bond motifs is 1. The molecule has 0 aromatic heterocycles. The van der Waals surface area contributed by atoms with Gasteiger partial charge in [0, 0.05) is 0 Å². The molecule has 0 spiro atoms. The Kier molecular flexibility index (Phi) is 10.8. The van der Waals surface area contributed by atoms with Crippen molar-refractivity contribution in [1.82, 2.24) is 0 Å². The molecule has 0 bridgehead atoms. The molecule has 0 aliphatic heterocycles. The van der Waals surface area contributed by atoms with E-state index in [1.807, 2.05) is 12.2 Å². The van der Waals surface area contributed by atoms with E-state index in [9.17, 15) is 0 Å². The standard InChI is InChI=1S/C9H7.C5H5.C3H6.ClH.Zr/c1-2-5-9-7-3-6-8(9)4-1;1-2-4-5-3-1;1-3-2;;/h1-7H;1-3H,4H2;1-2H3;1H;/q2*-1;;;+2/p-1. The number of hydrogen-bond acceptors (Lipinski definition) is 0. The molecule has 19 heavy (non-hydrogen) atoms. The maximum absolute atomic E-state index is 2.99. The van der Waals surface area contributed by atoms with Crippen molar-refractivity contribution in [1.29, 1.82) is 0 Å². The van der Waals surface area contributed by atoms with Crippen LogP contribution in [0.3, 0.4) is 0 Å². The average Bonchev–Trinajstić information content (AvgIpc) is 3.03. The van der Waals surface area contributed by atoms with Gasteiger partial charge in [0.15, 0.2) is 0 Å². The zero-order chi connectivity index (χ0) is 13.2. The SMILES string of the molecule is C[C](C)=[Zr+2].[C-]1=CC=CC1.[Cl-].c1ccc2[cH-]ccc2c1. The summed E-state index contributed by atoms with van der Waals surface area (Å²) < 4.78 is 1.51. The minimum absolute atomic E-state index is 0. The Morgan fingerprint density at radius 2 is 1.89 bits per heavy atom. The Balaban J connectivity index is 0.000000280. The van der Waals surface area contributed by atoms with Crippen LogP contribution in [0.2, 0.25) is 0 Å². The number of rotatable bonds is 0. The number of halogens is 1. The van der Waals surface area contributed by atoms with Crippen molar-refractivity contribution in [2.45, 2.75) is 20.3 Å². The zero-order valence-corrected chi connectivity index (χ0v) is 14.6.